The Kier molecular flexibility index (Phi) is 7.03. The van der Waals surface area contributed by atoms with Gasteiger partial charge in [0.25, 0.3) is 0 Å². The van der Waals surface area contributed by atoms with Crippen LogP contribution in [-0.4, -0.2) is 15.7 Å². The van der Waals surface area contributed by atoms with E-state index < -0.39 is 5.54 Å². The molecule has 0 spiro atoms. The van der Waals surface area contributed by atoms with Crippen LogP contribution < -0.4 is 16.0 Å². The van der Waals surface area contributed by atoms with Crippen LogP contribution in [0, 0.1) is 0 Å². The Labute approximate surface area is 289 Å². The highest BCUT2D eigenvalue weighted by Gasteiger charge is 2.35. The standard InChI is InChI=1S/C44H31ClN4/c45-34-19-11-10-18-33(34)44-27-26-40(49-44)43(31-16-8-3-9-17-31)39-25-24-38(48-39)42(30-14-6-2-7-15-30)37-23-22-36(47-37)41(29-12-4-1-5-13-29)35-21-20-32(28-44)46-35/h1-28,46,48-49H/b32-28-,41-35-,42-37-,43-40-. The molecule has 1 unspecified atom stereocenters. The number of rotatable bonds is 4. The van der Waals surface area contributed by atoms with Crippen molar-refractivity contribution in [1.82, 2.24) is 15.3 Å². The molecule has 49 heavy (non-hydrogen) atoms. The van der Waals surface area contributed by atoms with E-state index in [4.69, 9.17) is 16.6 Å². The molecule has 0 amide bonds. The number of aromatic nitrogens is 2. The first-order chi connectivity index (χ1) is 24.1. The number of nitrogens with zero attached hydrogens (tertiary/aromatic N) is 1. The summed E-state index contributed by atoms with van der Waals surface area (Å²) in [7, 11) is 0. The average molecular weight is 651 g/mol. The zero-order valence-electron chi connectivity index (χ0n) is 26.5. The smallest absolute Gasteiger partial charge is 0.104 e. The monoisotopic (exact) mass is 650 g/mol. The highest BCUT2D eigenvalue weighted by Crippen LogP contribution is 2.40. The first-order valence-corrected chi connectivity index (χ1v) is 16.8. The van der Waals surface area contributed by atoms with Gasteiger partial charge in [-0.3, -0.25) is 0 Å². The van der Waals surface area contributed by atoms with E-state index in [1.54, 1.807) is 0 Å². The molecule has 0 saturated heterocycles. The van der Waals surface area contributed by atoms with Gasteiger partial charge < -0.3 is 15.3 Å². The molecule has 6 aromatic rings. The number of aliphatic imine (C=N–C) groups is 1. The number of hydrogen-bond acceptors (Lipinski definition) is 2. The van der Waals surface area contributed by atoms with Crippen LogP contribution in [0.3, 0.4) is 0 Å². The van der Waals surface area contributed by atoms with Gasteiger partial charge in [-0.05, 0) is 77.4 Å². The van der Waals surface area contributed by atoms with E-state index >= 15 is 0 Å². The molecule has 5 heteroatoms. The van der Waals surface area contributed by atoms with Gasteiger partial charge in [-0.1, -0.05) is 121 Å². The second-order valence-electron chi connectivity index (χ2n) is 12.4. The SMILES string of the molecule is Clc1ccccc1C12C=C/C(=C(\c3ccccc3)c3ccc([nH]3)/C(c3ccccc3)=C3/C=CC(=N3)/C(c3ccccc3)=c3/cc/c([nH]3)=C/1)N2. The van der Waals surface area contributed by atoms with E-state index in [1.807, 2.05) is 36.4 Å². The molecule has 234 valence electrons. The molecule has 1 atom stereocenters. The molecule has 3 aliphatic rings. The molecule has 4 nitrogen and oxygen atoms in total. The molecule has 0 aliphatic carbocycles. The van der Waals surface area contributed by atoms with Gasteiger partial charge in [0.2, 0.25) is 0 Å². The number of allylic oxidation sites excluding steroid dienone is 3. The van der Waals surface area contributed by atoms with Crippen LogP contribution in [0.25, 0.3) is 22.8 Å². The van der Waals surface area contributed by atoms with Gasteiger partial charge in [0, 0.05) is 55.1 Å². The minimum atomic E-state index is -0.720. The van der Waals surface area contributed by atoms with E-state index in [0.717, 1.165) is 78.2 Å². The third-order valence-electron chi connectivity index (χ3n) is 9.37. The van der Waals surface area contributed by atoms with Crippen LogP contribution in [-0.2, 0) is 5.54 Å². The number of benzene rings is 4. The Morgan fingerprint density at radius 3 is 1.84 bits per heavy atom. The summed E-state index contributed by atoms with van der Waals surface area (Å²) in [6.07, 6.45) is 10.9. The van der Waals surface area contributed by atoms with E-state index in [-0.39, 0.29) is 0 Å². The van der Waals surface area contributed by atoms with Gasteiger partial charge in [0.1, 0.15) is 5.54 Å². The highest BCUT2D eigenvalue weighted by atomic mass is 35.5. The van der Waals surface area contributed by atoms with E-state index in [1.165, 1.54) is 0 Å². The number of nitrogens with one attached hydrogen (secondary N) is 3. The Balaban J connectivity index is 1.39. The zero-order valence-corrected chi connectivity index (χ0v) is 27.2. The van der Waals surface area contributed by atoms with Gasteiger partial charge >= 0.3 is 0 Å². The molecule has 3 aliphatic heterocycles. The van der Waals surface area contributed by atoms with Crippen LogP contribution in [0.1, 0.15) is 33.6 Å². The molecule has 8 bridgehead atoms. The maximum Gasteiger partial charge on any atom is 0.104 e. The highest BCUT2D eigenvalue weighted by molar-refractivity contribution is 6.31. The van der Waals surface area contributed by atoms with Crippen molar-refractivity contribution in [2.75, 3.05) is 0 Å². The summed E-state index contributed by atoms with van der Waals surface area (Å²) in [5.41, 5.74) is 11.4. The van der Waals surface area contributed by atoms with Gasteiger partial charge in [-0.2, -0.15) is 0 Å². The van der Waals surface area contributed by atoms with E-state index in [9.17, 15) is 0 Å². The van der Waals surface area contributed by atoms with E-state index in [0.29, 0.717) is 5.02 Å². The first kappa shape index (κ1) is 29.1. The predicted octanol–water partition coefficient (Wildman–Crippen LogP) is 8.27. The van der Waals surface area contributed by atoms with Crippen molar-refractivity contribution >= 4 is 40.1 Å². The van der Waals surface area contributed by atoms with E-state index in [2.05, 4.69) is 149 Å². The largest absolute Gasteiger partial charge is 0.368 e. The van der Waals surface area contributed by atoms with Crippen molar-refractivity contribution in [2.24, 2.45) is 4.99 Å². The molecule has 2 aromatic heterocycles. The molecule has 0 fully saturated rings. The zero-order chi connectivity index (χ0) is 32.8. The van der Waals surface area contributed by atoms with Crippen molar-refractivity contribution < 1.29 is 0 Å². The number of halogens is 1. The van der Waals surface area contributed by atoms with Crippen molar-refractivity contribution in [2.45, 2.75) is 5.54 Å². The lowest BCUT2D eigenvalue weighted by molar-refractivity contribution is 0.640. The van der Waals surface area contributed by atoms with Crippen LogP contribution in [0.15, 0.2) is 180 Å². The van der Waals surface area contributed by atoms with Crippen LogP contribution >= 0.6 is 11.6 Å². The molecular weight excluding hydrogens is 620 g/mol. The average Bonchev–Trinajstić information content (AvgIpc) is 3.97. The molecule has 4 aromatic carbocycles. The summed E-state index contributed by atoms with van der Waals surface area (Å²) in [6, 6.07) is 48.1. The Bertz CT molecular complexity index is 2510. The van der Waals surface area contributed by atoms with Gasteiger partial charge in [0.15, 0.2) is 0 Å². The van der Waals surface area contributed by atoms with Gasteiger partial charge in [0.05, 0.1) is 11.4 Å². The fourth-order valence-corrected chi connectivity index (χ4v) is 7.44. The normalized spacial score (nSPS) is 22.8. The van der Waals surface area contributed by atoms with Crippen LogP contribution in [0.2, 0.25) is 5.02 Å². The van der Waals surface area contributed by atoms with Crippen LogP contribution in [0.5, 0.6) is 0 Å². The second kappa shape index (κ2) is 11.9. The van der Waals surface area contributed by atoms with Crippen molar-refractivity contribution in [1.29, 1.82) is 0 Å². The lowest BCUT2D eigenvalue weighted by Crippen LogP contribution is -2.36. The maximum atomic E-state index is 6.97. The second-order valence-corrected chi connectivity index (χ2v) is 12.8. The minimum absolute atomic E-state index is 0.689. The minimum Gasteiger partial charge on any atom is -0.368 e. The Morgan fingerprint density at radius 1 is 0.531 bits per heavy atom. The summed E-state index contributed by atoms with van der Waals surface area (Å²) in [5.74, 6) is 0. The Morgan fingerprint density at radius 2 is 1.14 bits per heavy atom. The molecule has 9 rings (SSSR count). The van der Waals surface area contributed by atoms with Gasteiger partial charge in [-0.15, -0.1) is 0 Å². The van der Waals surface area contributed by atoms with Crippen LogP contribution in [0.4, 0.5) is 0 Å². The summed E-state index contributed by atoms with van der Waals surface area (Å²) in [6.45, 7) is 0. The fourth-order valence-electron chi connectivity index (χ4n) is 7.15. The quantitative estimate of drug-likeness (QED) is 0.177. The van der Waals surface area contributed by atoms with Gasteiger partial charge in [-0.25, -0.2) is 4.99 Å². The molecular formula is C44H31ClN4. The third-order valence-corrected chi connectivity index (χ3v) is 9.70. The van der Waals surface area contributed by atoms with Crippen molar-refractivity contribution in [3.05, 3.63) is 225 Å². The Hall–Kier alpha value is -6.10. The number of H-pyrrole nitrogens is 2. The number of fused-ring (bicyclic) bond motifs is 7. The first-order valence-electron chi connectivity index (χ1n) is 16.4. The van der Waals surface area contributed by atoms with Crippen molar-refractivity contribution in [3.8, 4) is 0 Å². The summed E-state index contributed by atoms with van der Waals surface area (Å²) < 4.78 is 0. The summed E-state index contributed by atoms with van der Waals surface area (Å²) >= 11 is 6.97. The fraction of sp³-hybridized carbons (Fsp3) is 0.0227. The third kappa shape index (κ3) is 5.14. The topological polar surface area (TPSA) is 56.0 Å². The maximum absolute atomic E-state index is 6.97. The molecule has 0 radical (unpaired) electrons. The lowest BCUT2D eigenvalue weighted by atomic mass is 9.90. The summed E-state index contributed by atoms with van der Waals surface area (Å²) in [4.78, 5) is 12.9. The molecule has 3 N–H and O–H groups in total. The summed E-state index contributed by atoms with van der Waals surface area (Å²) in [5, 5.41) is 6.57. The van der Waals surface area contributed by atoms with Crippen molar-refractivity contribution in [3.63, 3.8) is 0 Å². The molecule has 0 saturated carbocycles. The molecule has 5 heterocycles. The predicted molar refractivity (Wildman–Crippen MR) is 201 cm³/mol. The number of hydrogen-bond donors (Lipinski definition) is 3. The lowest BCUT2D eigenvalue weighted by Gasteiger charge is -2.28. The number of aromatic amines is 2.